The van der Waals surface area contributed by atoms with Crippen LogP contribution in [0.25, 0.3) is 0 Å². The molecule has 2 aromatic heterocycles. The molecular weight excluding hydrogens is 220 g/mol. The Kier molecular flexibility index (Phi) is 3.12. The molecule has 0 aliphatic rings. The maximum absolute atomic E-state index is 10.2. The summed E-state index contributed by atoms with van der Waals surface area (Å²) in [6.07, 6.45) is 0.208. The van der Waals surface area contributed by atoms with Crippen LogP contribution in [0.4, 0.5) is 0 Å². The van der Waals surface area contributed by atoms with E-state index in [1.807, 2.05) is 31.0 Å². The Balaban J connectivity index is 2.24. The summed E-state index contributed by atoms with van der Waals surface area (Å²) in [6, 6.07) is 2.05. The Labute approximate surface area is 99.4 Å². The van der Waals surface area contributed by atoms with Crippen LogP contribution in [-0.2, 0) is 13.5 Å². The predicted octanol–water partition coefficient (Wildman–Crippen LogP) is 2.37. The Morgan fingerprint density at radius 3 is 2.75 bits per heavy atom. The number of nitrogens with zero attached hydrogens (tertiary/aromatic N) is 2. The molecule has 1 unspecified atom stereocenters. The van der Waals surface area contributed by atoms with E-state index in [0.717, 1.165) is 17.0 Å². The average Bonchev–Trinajstić information content (AvgIpc) is 2.77. The molecule has 0 radical (unpaired) electrons. The van der Waals surface area contributed by atoms with E-state index < -0.39 is 6.10 Å². The van der Waals surface area contributed by atoms with Gasteiger partial charge in [-0.3, -0.25) is 4.68 Å². The summed E-state index contributed by atoms with van der Waals surface area (Å²) in [6.45, 7) is 3.94. The van der Waals surface area contributed by atoms with Gasteiger partial charge in [0.25, 0.3) is 0 Å². The predicted molar refractivity (Wildman–Crippen MR) is 65.7 cm³/mol. The summed E-state index contributed by atoms with van der Waals surface area (Å²) < 4.78 is 1.82. The molecule has 0 bridgehead atoms. The van der Waals surface area contributed by atoms with Gasteiger partial charge in [0.1, 0.15) is 0 Å². The summed E-state index contributed by atoms with van der Waals surface area (Å²) in [4.78, 5) is 0. The van der Waals surface area contributed by atoms with E-state index in [1.54, 1.807) is 11.3 Å². The van der Waals surface area contributed by atoms with Crippen LogP contribution in [-0.4, -0.2) is 14.9 Å². The molecule has 1 N–H and O–H groups in total. The molecule has 86 valence electrons. The third-order valence-corrected chi connectivity index (χ3v) is 3.64. The number of aryl methyl sites for hydroxylation is 2. The fourth-order valence-electron chi connectivity index (χ4n) is 2.01. The molecule has 3 nitrogen and oxygen atoms in total. The molecule has 1 atom stereocenters. The zero-order valence-electron chi connectivity index (χ0n) is 9.77. The first-order valence-corrected chi connectivity index (χ1v) is 6.23. The second-order valence-electron chi connectivity index (χ2n) is 4.06. The van der Waals surface area contributed by atoms with Gasteiger partial charge in [0.05, 0.1) is 11.8 Å². The van der Waals surface area contributed by atoms with Gasteiger partial charge in [-0.05, 0) is 36.2 Å². The van der Waals surface area contributed by atoms with E-state index in [9.17, 15) is 5.11 Å². The van der Waals surface area contributed by atoms with Crippen LogP contribution in [0, 0.1) is 13.8 Å². The Morgan fingerprint density at radius 2 is 2.25 bits per heavy atom. The molecule has 2 rings (SSSR count). The number of aliphatic hydroxyl groups excluding tert-OH is 1. The molecule has 0 spiro atoms. The van der Waals surface area contributed by atoms with Crippen molar-refractivity contribution in [3.8, 4) is 0 Å². The van der Waals surface area contributed by atoms with Crippen molar-refractivity contribution < 1.29 is 5.11 Å². The van der Waals surface area contributed by atoms with Crippen LogP contribution < -0.4 is 0 Å². The van der Waals surface area contributed by atoms with E-state index in [0.29, 0.717) is 6.42 Å². The van der Waals surface area contributed by atoms with Gasteiger partial charge in [-0.25, -0.2) is 0 Å². The molecule has 0 fully saturated rings. The maximum Gasteiger partial charge on any atom is 0.0866 e. The van der Waals surface area contributed by atoms with Crippen LogP contribution in [0.3, 0.4) is 0 Å². The van der Waals surface area contributed by atoms with Gasteiger partial charge in [-0.15, -0.1) is 0 Å². The molecule has 16 heavy (non-hydrogen) atoms. The fraction of sp³-hybridized carbons (Fsp3) is 0.417. The van der Waals surface area contributed by atoms with Crippen LogP contribution >= 0.6 is 11.3 Å². The quantitative estimate of drug-likeness (QED) is 0.888. The lowest BCUT2D eigenvalue weighted by atomic mass is 10.0. The van der Waals surface area contributed by atoms with Crippen LogP contribution in [0.1, 0.15) is 28.6 Å². The van der Waals surface area contributed by atoms with Crippen molar-refractivity contribution in [1.82, 2.24) is 9.78 Å². The Bertz CT molecular complexity index is 473. The second kappa shape index (κ2) is 4.39. The van der Waals surface area contributed by atoms with Crippen molar-refractivity contribution in [2.75, 3.05) is 0 Å². The minimum Gasteiger partial charge on any atom is -0.388 e. The zero-order valence-corrected chi connectivity index (χ0v) is 10.6. The Morgan fingerprint density at radius 1 is 1.50 bits per heavy atom. The lowest BCUT2D eigenvalue weighted by Crippen LogP contribution is -2.04. The van der Waals surface area contributed by atoms with Gasteiger partial charge in [0.2, 0.25) is 0 Å². The number of hydrogen-bond acceptors (Lipinski definition) is 3. The van der Waals surface area contributed by atoms with Gasteiger partial charge < -0.3 is 5.11 Å². The van der Waals surface area contributed by atoms with Gasteiger partial charge in [0.15, 0.2) is 0 Å². The summed E-state index contributed by atoms with van der Waals surface area (Å²) in [5.41, 5.74) is 4.11. The molecule has 2 heterocycles. The molecule has 0 aliphatic heterocycles. The van der Waals surface area contributed by atoms with E-state index in [1.165, 1.54) is 5.56 Å². The standard InChI is InChI=1S/C12H16N2OS/c1-8-12(9(2)14(3)13-8)11(15)6-10-4-5-16-7-10/h4-5,7,11,15H,6H2,1-3H3. The average molecular weight is 236 g/mol. The molecule has 4 heteroatoms. The molecule has 0 aromatic carbocycles. The van der Waals surface area contributed by atoms with Gasteiger partial charge in [-0.2, -0.15) is 16.4 Å². The van der Waals surface area contributed by atoms with E-state index in [-0.39, 0.29) is 0 Å². The summed E-state index contributed by atoms with van der Waals surface area (Å²) in [5, 5.41) is 18.6. The zero-order chi connectivity index (χ0) is 11.7. The second-order valence-corrected chi connectivity index (χ2v) is 4.84. The molecule has 0 aliphatic carbocycles. The summed E-state index contributed by atoms with van der Waals surface area (Å²) >= 11 is 1.66. The van der Waals surface area contributed by atoms with Crippen molar-refractivity contribution in [2.24, 2.45) is 7.05 Å². The monoisotopic (exact) mass is 236 g/mol. The highest BCUT2D eigenvalue weighted by molar-refractivity contribution is 7.07. The Hall–Kier alpha value is -1.13. The fourth-order valence-corrected chi connectivity index (χ4v) is 2.69. The van der Waals surface area contributed by atoms with E-state index in [2.05, 4.69) is 16.5 Å². The van der Waals surface area contributed by atoms with Gasteiger partial charge in [-0.1, -0.05) is 0 Å². The lowest BCUT2D eigenvalue weighted by Gasteiger charge is -2.10. The lowest BCUT2D eigenvalue weighted by molar-refractivity contribution is 0.177. The molecule has 0 amide bonds. The van der Waals surface area contributed by atoms with Crippen molar-refractivity contribution in [2.45, 2.75) is 26.4 Å². The first-order chi connectivity index (χ1) is 7.59. The first-order valence-electron chi connectivity index (χ1n) is 5.29. The number of aliphatic hydroxyl groups is 1. The van der Waals surface area contributed by atoms with Crippen molar-refractivity contribution in [1.29, 1.82) is 0 Å². The van der Waals surface area contributed by atoms with Crippen LogP contribution in [0.15, 0.2) is 16.8 Å². The highest BCUT2D eigenvalue weighted by atomic mass is 32.1. The number of aromatic nitrogens is 2. The molecule has 0 saturated heterocycles. The van der Waals surface area contributed by atoms with Crippen molar-refractivity contribution in [3.05, 3.63) is 39.3 Å². The molecule has 0 saturated carbocycles. The van der Waals surface area contributed by atoms with Gasteiger partial charge in [0, 0.05) is 24.7 Å². The SMILES string of the molecule is Cc1nn(C)c(C)c1C(O)Cc1ccsc1. The van der Waals surface area contributed by atoms with Gasteiger partial charge >= 0.3 is 0 Å². The van der Waals surface area contributed by atoms with E-state index >= 15 is 0 Å². The number of rotatable bonds is 3. The van der Waals surface area contributed by atoms with E-state index in [4.69, 9.17) is 0 Å². The number of thiophene rings is 1. The van der Waals surface area contributed by atoms with Crippen molar-refractivity contribution >= 4 is 11.3 Å². The topological polar surface area (TPSA) is 38.0 Å². The largest absolute Gasteiger partial charge is 0.388 e. The number of hydrogen-bond donors (Lipinski definition) is 1. The first kappa shape index (κ1) is 11.4. The van der Waals surface area contributed by atoms with Crippen molar-refractivity contribution in [3.63, 3.8) is 0 Å². The highest BCUT2D eigenvalue weighted by Crippen LogP contribution is 2.24. The maximum atomic E-state index is 10.2. The smallest absolute Gasteiger partial charge is 0.0866 e. The molecule has 2 aromatic rings. The minimum absolute atomic E-state index is 0.455. The summed E-state index contributed by atoms with van der Waals surface area (Å²) in [7, 11) is 1.91. The summed E-state index contributed by atoms with van der Waals surface area (Å²) in [5.74, 6) is 0. The molecular formula is C12H16N2OS. The normalized spacial score (nSPS) is 13.0. The minimum atomic E-state index is -0.455. The third-order valence-electron chi connectivity index (χ3n) is 2.91. The van der Waals surface area contributed by atoms with Crippen LogP contribution in [0.5, 0.6) is 0 Å². The van der Waals surface area contributed by atoms with Crippen LogP contribution in [0.2, 0.25) is 0 Å². The highest BCUT2D eigenvalue weighted by Gasteiger charge is 2.18. The third kappa shape index (κ3) is 2.03.